The number of aromatic nitrogens is 4. The zero-order chi connectivity index (χ0) is 21.8. The second kappa shape index (κ2) is 9.00. The van der Waals surface area contributed by atoms with E-state index in [-0.39, 0.29) is 0 Å². The maximum absolute atomic E-state index is 5.86. The van der Waals surface area contributed by atoms with Crippen molar-refractivity contribution in [2.45, 2.75) is 27.3 Å². The molecule has 0 bridgehead atoms. The predicted octanol–water partition coefficient (Wildman–Crippen LogP) is 5.59. The number of ether oxygens (including phenoxy) is 2. The van der Waals surface area contributed by atoms with E-state index in [0.29, 0.717) is 24.7 Å². The van der Waals surface area contributed by atoms with Gasteiger partial charge in [-0.2, -0.15) is 5.10 Å². The van der Waals surface area contributed by atoms with Crippen LogP contribution in [0.5, 0.6) is 5.75 Å². The van der Waals surface area contributed by atoms with Gasteiger partial charge in [0, 0.05) is 35.3 Å². The van der Waals surface area contributed by atoms with Crippen LogP contribution in [0.3, 0.4) is 0 Å². The first-order chi connectivity index (χ1) is 15.2. The molecule has 2 aromatic carbocycles. The summed E-state index contributed by atoms with van der Waals surface area (Å²) in [6.07, 6.45) is 3.63. The Morgan fingerprint density at radius 2 is 1.81 bits per heavy atom. The fraction of sp³-hybridized carbons (Fsp3) is 0.240. The fourth-order valence-electron chi connectivity index (χ4n) is 3.61. The number of fused-ring (bicyclic) bond motifs is 1. The minimum absolute atomic E-state index is 0.530. The third-order valence-electron chi connectivity index (χ3n) is 5.04. The Bertz CT molecular complexity index is 1220. The van der Waals surface area contributed by atoms with E-state index in [4.69, 9.17) is 14.6 Å². The van der Waals surface area contributed by atoms with Gasteiger partial charge >= 0.3 is 0 Å². The van der Waals surface area contributed by atoms with Crippen molar-refractivity contribution in [3.05, 3.63) is 67.1 Å². The van der Waals surface area contributed by atoms with Crippen LogP contribution in [0, 0.1) is 0 Å². The Morgan fingerprint density at radius 1 is 1.00 bits per heavy atom. The van der Waals surface area contributed by atoms with Crippen molar-refractivity contribution in [2.75, 3.05) is 13.2 Å². The molecular weight excluding hydrogens is 388 g/mol. The molecule has 0 aliphatic rings. The molecule has 6 heteroatoms. The summed E-state index contributed by atoms with van der Waals surface area (Å²) in [4.78, 5) is 9.15. The Morgan fingerprint density at radius 3 is 2.52 bits per heavy atom. The van der Waals surface area contributed by atoms with E-state index in [1.807, 2.05) is 55.1 Å². The van der Waals surface area contributed by atoms with Gasteiger partial charge in [-0.05, 0) is 26.8 Å². The molecule has 0 atom stereocenters. The molecule has 6 nitrogen and oxygen atoms in total. The van der Waals surface area contributed by atoms with E-state index >= 15 is 0 Å². The van der Waals surface area contributed by atoms with Gasteiger partial charge in [0.25, 0.3) is 0 Å². The van der Waals surface area contributed by atoms with Gasteiger partial charge in [0.2, 0.25) is 0 Å². The summed E-state index contributed by atoms with van der Waals surface area (Å²) < 4.78 is 13.5. The molecule has 4 aromatic rings. The topological polar surface area (TPSA) is 62.1 Å². The van der Waals surface area contributed by atoms with E-state index in [9.17, 15) is 0 Å². The maximum Gasteiger partial charge on any atom is 0.132 e. The molecule has 0 N–H and O–H groups in total. The predicted molar refractivity (Wildman–Crippen MR) is 124 cm³/mol. The smallest absolute Gasteiger partial charge is 0.132 e. The molecule has 0 aliphatic heterocycles. The van der Waals surface area contributed by atoms with E-state index in [1.165, 1.54) is 0 Å². The highest BCUT2D eigenvalue weighted by atomic mass is 16.5. The fourth-order valence-corrected chi connectivity index (χ4v) is 3.61. The van der Waals surface area contributed by atoms with Gasteiger partial charge in [-0.3, -0.25) is 4.68 Å². The normalized spacial score (nSPS) is 10.9. The van der Waals surface area contributed by atoms with Crippen molar-refractivity contribution in [1.82, 2.24) is 19.7 Å². The molecule has 0 radical (unpaired) electrons. The van der Waals surface area contributed by atoms with E-state index < -0.39 is 0 Å². The van der Waals surface area contributed by atoms with E-state index in [0.717, 1.165) is 45.5 Å². The highest BCUT2D eigenvalue weighted by molar-refractivity contribution is 5.98. The lowest BCUT2D eigenvalue weighted by atomic mass is 10.0. The van der Waals surface area contributed by atoms with Crippen LogP contribution in [0.4, 0.5) is 0 Å². The maximum atomic E-state index is 5.86. The second-order valence-electron chi connectivity index (χ2n) is 6.99. The number of nitrogens with zero attached hydrogens (tertiary/aromatic N) is 4. The van der Waals surface area contributed by atoms with Gasteiger partial charge in [-0.15, -0.1) is 0 Å². The van der Waals surface area contributed by atoms with Crippen LogP contribution in [0.25, 0.3) is 39.2 Å². The van der Waals surface area contributed by atoms with Crippen LogP contribution in [-0.2, 0) is 11.3 Å². The van der Waals surface area contributed by atoms with Gasteiger partial charge in [0.05, 0.1) is 30.0 Å². The summed E-state index contributed by atoms with van der Waals surface area (Å²) in [6.45, 7) is 11.9. The Kier molecular flexibility index (Phi) is 5.98. The SMILES string of the molecule is C=C(OCC)c1cc2c(-c3cn(CC)nc3-c3ccccc3)ncnc2cc1OCC. The molecule has 158 valence electrons. The summed E-state index contributed by atoms with van der Waals surface area (Å²) in [5, 5.41) is 5.70. The number of benzene rings is 2. The quantitative estimate of drug-likeness (QED) is 0.352. The average Bonchev–Trinajstić information content (AvgIpc) is 3.23. The van der Waals surface area contributed by atoms with Crippen LogP contribution < -0.4 is 4.74 Å². The average molecular weight is 415 g/mol. The molecular formula is C25H26N4O2. The lowest BCUT2D eigenvalue weighted by Gasteiger charge is -2.15. The number of rotatable bonds is 8. The number of hydrogen-bond acceptors (Lipinski definition) is 5. The molecule has 4 rings (SSSR count). The largest absolute Gasteiger partial charge is 0.494 e. The van der Waals surface area contributed by atoms with Crippen molar-refractivity contribution in [3.63, 3.8) is 0 Å². The third kappa shape index (κ3) is 4.01. The van der Waals surface area contributed by atoms with Crippen LogP contribution >= 0.6 is 0 Å². The molecule has 2 aromatic heterocycles. The molecule has 0 fully saturated rings. The third-order valence-corrected chi connectivity index (χ3v) is 5.04. The first kappa shape index (κ1) is 20.6. The van der Waals surface area contributed by atoms with Crippen LogP contribution in [-0.4, -0.2) is 33.0 Å². The minimum atomic E-state index is 0.530. The number of hydrogen-bond donors (Lipinski definition) is 0. The van der Waals surface area contributed by atoms with Crippen molar-refractivity contribution in [3.8, 4) is 28.3 Å². The molecule has 0 spiro atoms. The first-order valence-electron chi connectivity index (χ1n) is 10.5. The van der Waals surface area contributed by atoms with Gasteiger partial charge < -0.3 is 9.47 Å². The van der Waals surface area contributed by atoms with Gasteiger partial charge in [0.1, 0.15) is 23.5 Å². The summed E-state index contributed by atoms with van der Waals surface area (Å²) in [5.41, 5.74) is 5.30. The molecule has 31 heavy (non-hydrogen) atoms. The summed E-state index contributed by atoms with van der Waals surface area (Å²) in [7, 11) is 0. The van der Waals surface area contributed by atoms with Crippen LogP contribution in [0.1, 0.15) is 26.3 Å². The zero-order valence-corrected chi connectivity index (χ0v) is 18.1. The Balaban J connectivity index is 1.96. The first-order valence-corrected chi connectivity index (χ1v) is 10.5. The Hall–Kier alpha value is -3.67. The second-order valence-corrected chi connectivity index (χ2v) is 6.99. The molecule has 0 unspecified atom stereocenters. The highest BCUT2D eigenvalue weighted by Gasteiger charge is 2.19. The van der Waals surface area contributed by atoms with E-state index in [2.05, 4.69) is 35.6 Å². The highest BCUT2D eigenvalue weighted by Crippen LogP contribution is 2.37. The lowest BCUT2D eigenvalue weighted by Crippen LogP contribution is -2.00. The summed E-state index contributed by atoms with van der Waals surface area (Å²) in [6, 6.07) is 14.1. The Labute approximate surface area is 182 Å². The standard InChI is InChI=1S/C25H26N4O2/c1-5-29-15-21(24(28-29)18-11-9-8-10-12-18)25-20-13-19(17(4)30-6-2)23(31-7-3)14-22(20)26-16-27-25/h8-16H,4-7H2,1-3H3. The summed E-state index contributed by atoms with van der Waals surface area (Å²) >= 11 is 0. The molecule has 0 saturated heterocycles. The summed E-state index contributed by atoms with van der Waals surface area (Å²) in [5.74, 6) is 1.26. The van der Waals surface area contributed by atoms with Gasteiger partial charge in [-0.1, -0.05) is 36.9 Å². The molecule has 2 heterocycles. The van der Waals surface area contributed by atoms with Crippen molar-refractivity contribution >= 4 is 16.7 Å². The van der Waals surface area contributed by atoms with Crippen LogP contribution in [0.2, 0.25) is 0 Å². The molecule has 0 amide bonds. The van der Waals surface area contributed by atoms with Crippen molar-refractivity contribution in [2.24, 2.45) is 0 Å². The zero-order valence-electron chi connectivity index (χ0n) is 18.1. The number of aryl methyl sites for hydroxylation is 1. The van der Waals surface area contributed by atoms with Gasteiger partial charge in [0.15, 0.2) is 0 Å². The molecule has 0 aliphatic carbocycles. The van der Waals surface area contributed by atoms with Gasteiger partial charge in [-0.25, -0.2) is 9.97 Å². The van der Waals surface area contributed by atoms with E-state index in [1.54, 1.807) is 6.33 Å². The monoisotopic (exact) mass is 414 g/mol. The minimum Gasteiger partial charge on any atom is -0.494 e. The molecule has 0 saturated carbocycles. The lowest BCUT2D eigenvalue weighted by molar-refractivity contribution is 0.293. The van der Waals surface area contributed by atoms with Crippen molar-refractivity contribution < 1.29 is 9.47 Å². The van der Waals surface area contributed by atoms with Crippen LogP contribution in [0.15, 0.2) is 61.6 Å². The van der Waals surface area contributed by atoms with Crippen molar-refractivity contribution in [1.29, 1.82) is 0 Å².